The highest BCUT2D eigenvalue weighted by Gasteiger charge is 2.25. The van der Waals surface area contributed by atoms with E-state index < -0.39 is 4.92 Å². The molecule has 1 heterocycles. The van der Waals surface area contributed by atoms with Gasteiger partial charge in [0.2, 0.25) is 0 Å². The molecule has 6 heteroatoms. The standard InChI is InChI=1S/C15H21N3O3/c1-3-17(13-5-4-8-16-10-13)15(19)12-6-7-14(18(20)21)11(2)9-12/h6-7,9,13,16H,3-5,8,10H2,1-2H3. The zero-order valence-electron chi connectivity index (χ0n) is 12.5. The molecule has 2 rings (SSSR count). The molecule has 1 atom stereocenters. The Kier molecular flexibility index (Phi) is 4.90. The second kappa shape index (κ2) is 6.67. The molecular weight excluding hydrogens is 270 g/mol. The lowest BCUT2D eigenvalue weighted by Crippen LogP contribution is -2.48. The van der Waals surface area contributed by atoms with Gasteiger partial charge < -0.3 is 10.2 Å². The first-order valence-corrected chi connectivity index (χ1v) is 7.31. The van der Waals surface area contributed by atoms with Gasteiger partial charge in [-0.2, -0.15) is 0 Å². The Balaban J connectivity index is 2.21. The van der Waals surface area contributed by atoms with Crippen LogP contribution in [0.15, 0.2) is 18.2 Å². The smallest absolute Gasteiger partial charge is 0.272 e. The molecule has 1 N–H and O–H groups in total. The van der Waals surface area contributed by atoms with Gasteiger partial charge in [-0.1, -0.05) is 0 Å². The van der Waals surface area contributed by atoms with Crippen molar-refractivity contribution in [2.45, 2.75) is 32.7 Å². The highest BCUT2D eigenvalue weighted by Crippen LogP contribution is 2.21. The number of rotatable bonds is 4. The number of carbonyl (C=O) groups excluding carboxylic acids is 1. The van der Waals surface area contributed by atoms with Gasteiger partial charge in [0.25, 0.3) is 11.6 Å². The first kappa shape index (κ1) is 15.4. The molecule has 114 valence electrons. The van der Waals surface area contributed by atoms with Crippen LogP contribution >= 0.6 is 0 Å². The number of aryl methyl sites for hydroxylation is 1. The molecular formula is C15H21N3O3. The van der Waals surface area contributed by atoms with E-state index in [-0.39, 0.29) is 17.6 Å². The van der Waals surface area contributed by atoms with Crippen molar-refractivity contribution < 1.29 is 9.72 Å². The fourth-order valence-electron chi connectivity index (χ4n) is 2.83. The van der Waals surface area contributed by atoms with E-state index in [0.29, 0.717) is 17.7 Å². The van der Waals surface area contributed by atoms with Gasteiger partial charge in [0.15, 0.2) is 0 Å². The summed E-state index contributed by atoms with van der Waals surface area (Å²) in [7, 11) is 0. The van der Waals surface area contributed by atoms with Crippen molar-refractivity contribution in [3.63, 3.8) is 0 Å². The van der Waals surface area contributed by atoms with Crippen LogP contribution in [0.4, 0.5) is 5.69 Å². The van der Waals surface area contributed by atoms with E-state index in [1.807, 2.05) is 11.8 Å². The van der Waals surface area contributed by atoms with Crippen molar-refractivity contribution in [2.24, 2.45) is 0 Å². The number of benzene rings is 1. The van der Waals surface area contributed by atoms with Gasteiger partial charge in [-0.3, -0.25) is 14.9 Å². The van der Waals surface area contributed by atoms with E-state index in [9.17, 15) is 14.9 Å². The monoisotopic (exact) mass is 291 g/mol. The lowest BCUT2D eigenvalue weighted by molar-refractivity contribution is -0.385. The molecule has 6 nitrogen and oxygen atoms in total. The van der Waals surface area contributed by atoms with Crippen molar-refractivity contribution in [1.82, 2.24) is 10.2 Å². The number of carbonyl (C=O) groups is 1. The average Bonchev–Trinajstić information content (AvgIpc) is 2.48. The number of nitrogens with zero attached hydrogens (tertiary/aromatic N) is 2. The van der Waals surface area contributed by atoms with E-state index >= 15 is 0 Å². The van der Waals surface area contributed by atoms with Crippen LogP contribution < -0.4 is 5.32 Å². The summed E-state index contributed by atoms with van der Waals surface area (Å²) in [6.07, 6.45) is 2.06. The van der Waals surface area contributed by atoms with Gasteiger partial charge in [-0.25, -0.2) is 0 Å². The zero-order chi connectivity index (χ0) is 15.4. The van der Waals surface area contributed by atoms with Crippen molar-refractivity contribution in [3.05, 3.63) is 39.4 Å². The Labute approximate surface area is 124 Å². The van der Waals surface area contributed by atoms with Crippen LogP contribution in [-0.2, 0) is 0 Å². The Morgan fingerprint density at radius 1 is 1.52 bits per heavy atom. The fourth-order valence-corrected chi connectivity index (χ4v) is 2.83. The van der Waals surface area contributed by atoms with Crippen molar-refractivity contribution >= 4 is 11.6 Å². The Hall–Kier alpha value is -1.95. The quantitative estimate of drug-likeness (QED) is 0.681. The van der Waals surface area contributed by atoms with Crippen LogP contribution in [0.2, 0.25) is 0 Å². The molecule has 1 aliphatic heterocycles. The normalized spacial score (nSPS) is 18.3. The molecule has 0 saturated carbocycles. The van der Waals surface area contributed by atoms with Crippen molar-refractivity contribution in [3.8, 4) is 0 Å². The first-order valence-electron chi connectivity index (χ1n) is 7.31. The van der Waals surface area contributed by atoms with Crippen LogP contribution in [0.1, 0.15) is 35.7 Å². The summed E-state index contributed by atoms with van der Waals surface area (Å²) in [5, 5.41) is 14.2. The second-order valence-corrected chi connectivity index (χ2v) is 5.35. The summed E-state index contributed by atoms with van der Waals surface area (Å²) in [6.45, 7) is 6.07. The molecule has 1 aliphatic rings. The molecule has 0 aromatic heterocycles. The van der Waals surface area contributed by atoms with Crippen LogP contribution in [0, 0.1) is 17.0 Å². The van der Waals surface area contributed by atoms with Gasteiger partial charge in [-0.05, 0) is 45.4 Å². The summed E-state index contributed by atoms with van der Waals surface area (Å²) >= 11 is 0. The molecule has 0 bridgehead atoms. The Bertz CT molecular complexity index is 539. The molecule has 0 aliphatic carbocycles. The molecule has 1 aromatic carbocycles. The third-order valence-corrected chi connectivity index (χ3v) is 3.95. The zero-order valence-corrected chi connectivity index (χ0v) is 12.5. The fraction of sp³-hybridized carbons (Fsp3) is 0.533. The minimum absolute atomic E-state index is 0.0499. The van der Waals surface area contributed by atoms with Gasteiger partial charge in [0.05, 0.1) is 4.92 Å². The highest BCUT2D eigenvalue weighted by molar-refractivity contribution is 5.95. The number of piperidine rings is 1. The van der Waals surface area contributed by atoms with Crippen LogP contribution in [0.3, 0.4) is 0 Å². The van der Waals surface area contributed by atoms with Gasteiger partial charge in [0, 0.05) is 36.3 Å². The predicted molar refractivity (Wildman–Crippen MR) is 80.4 cm³/mol. The third kappa shape index (κ3) is 3.39. The third-order valence-electron chi connectivity index (χ3n) is 3.95. The number of hydrogen-bond donors (Lipinski definition) is 1. The molecule has 1 amide bonds. The van der Waals surface area contributed by atoms with E-state index in [2.05, 4.69) is 5.32 Å². The first-order chi connectivity index (χ1) is 10.0. The molecule has 1 fully saturated rings. The number of nitro groups is 1. The number of nitro benzene ring substituents is 1. The van der Waals surface area contributed by atoms with E-state index in [0.717, 1.165) is 25.9 Å². The van der Waals surface area contributed by atoms with Crippen LogP contribution in [-0.4, -0.2) is 41.4 Å². The van der Waals surface area contributed by atoms with Crippen LogP contribution in [0.5, 0.6) is 0 Å². The van der Waals surface area contributed by atoms with E-state index in [1.54, 1.807) is 19.1 Å². The minimum atomic E-state index is -0.424. The van der Waals surface area contributed by atoms with E-state index in [1.165, 1.54) is 6.07 Å². The molecule has 0 radical (unpaired) electrons. The largest absolute Gasteiger partial charge is 0.335 e. The SMILES string of the molecule is CCN(C(=O)c1ccc([N+](=O)[O-])c(C)c1)C1CCCNC1. The summed E-state index contributed by atoms with van der Waals surface area (Å²) in [4.78, 5) is 24.9. The van der Waals surface area contributed by atoms with Crippen molar-refractivity contribution in [2.75, 3.05) is 19.6 Å². The molecule has 0 spiro atoms. The summed E-state index contributed by atoms with van der Waals surface area (Å²) in [5.41, 5.74) is 1.09. The Morgan fingerprint density at radius 2 is 2.29 bits per heavy atom. The van der Waals surface area contributed by atoms with E-state index in [4.69, 9.17) is 0 Å². The predicted octanol–water partition coefficient (Wildman–Crippen LogP) is 2.12. The van der Waals surface area contributed by atoms with Crippen LogP contribution in [0.25, 0.3) is 0 Å². The summed E-state index contributed by atoms with van der Waals surface area (Å²) < 4.78 is 0. The number of nitrogens with one attached hydrogen (secondary N) is 1. The maximum atomic E-state index is 12.6. The molecule has 1 unspecified atom stereocenters. The van der Waals surface area contributed by atoms with Crippen molar-refractivity contribution in [1.29, 1.82) is 0 Å². The molecule has 1 aromatic rings. The molecule has 21 heavy (non-hydrogen) atoms. The second-order valence-electron chi connectivity index (χ2n) is 5.35. The van der Waals surface area contributed by atoms with Gasteiger partial charge >= 0.3 is 0 Å². The molecule has 1 saturated heterocycles. The minimum Gasteiger partial charge on any atom is -0.335 e. The highest BCUT2D eigenvalue weighted by atomic mass is 16.6. The van der Waals surface area contributed by atoms with Gasteiger partial charge in [-0.15, -0.1) is 0 Å². The lowest BCUT2D eigenvalue weighted by atomic mass is 10.0. The number of amides is 1. The summed E-state index contributed by atoms with van der Waals surface area (Å²) in [6, 6.07) is 4.77. The number of hydrogen-bond acceptors (Lipinski definition) is 4. The average molecular weight is 291 g/mol. The van der Waals surface area contributed by atoms with Gasteiger partial charge in [0.1, 0.15) is 0 Å². The number of likely N-dealkylation sites (N-methyl/N-ethyl adjacent to an activating group) is 1. The topological polar surface area (TPSA) is 75.5 Å². The lowest BCUT2D eigenvalue weighted by Gasteiger charge is -2.34. The maximum Gasteiger partial charge on any atom is 0.272 e. The Morgan fingerprint density at radius 3 is 2.81 bits per heavy atom. The maximum absolute atomic E-state index is 12.6. The summed E-state index contributed by atoms with van der Waals surface area (Å²) in [5.74, 6) is -0.0517.